The summed E-state index contributed by atoms with van der Waals surface area (Å²) in [4.78, 5) is 4.54. The Kier molecular flexibility index (Phi) is 7.95. The van der Waals surface area contributed by atoms with Gasteiger partial charge in [-0.2, -0.15) is 5.26 Å². The summed E-state index contributed by atoms with van der Waals surface area (Å²) in [5, 5.41) is 18.2. The minimum absolute atomic E-state index is 0.117. The molecule has 0 radical (unpaired) electrons. The fourth-order valence-electron chi connectivity index (χ4n) is 4.58. The summed E-state index contributed by atoms with van der Waals surface area (Å²) in [6.45, 7) is 2.24. The Morgan fingerprint density at radius 2 is 1.67 bits per heavy atom. The summed E-state index contributed by atoms with van der Waals surface area (Å²) >= 11 is 0. The minimum atomic E-state index is -1.02. The van der Waals surface area contributed by atoms with Crippen molar-refractivity contribution in [3.05, 3.63) is 70.3 Å². The predicted molar refractivity (Wildman–Crippen MR) is 112 cm³/mol. The van der Waals surface area contributed by atoms with Gasteiger partial charge in [-0.05, 0) is 66.3 Å². The van der Waals surface area contributed by atoms with E-state index < -0.39 is 23.3 Å². The lowest BCUT2D eigenvalue weighted by atomic mass is 9.77. The van der Waals surface area contributed by atoms with E-state index in [1.165, 1.54) is 63.0 Å². The molecule has 2 aromatic rings. The summed E-state index contributed by atoms with van der Waals surface area (Å²) in [6.07, 6.45) is 9.14. The third-order valence-electron chi connectivity index (χ3n) is 6.36. The first kappa shape index (κ1) is 22.4. The lowest BCUT2D eigenvalue weighted by Crippen LogP contribution is -2.13. The highest BCUT2D eigenvalue weighted by Gasteiger charge is 2.23. The van der Waals surface area contributed by atoms with Crippen molar-refractivity contribution >= 4 is 0 Å². The van der Waals surface area contributed by atoms with E-state index in [-0.39, 0.29) is 5.56 Å². The molecule has 30 heavy (non-hydrogen) atoms. The first-order valence-corrected chi connectivity index (χ1v) is 10.9. The lowest BCUT2D eigenvalue weighted by Gasteiger charge is -2.29. The Labute approximate surface area is 177 Å². The highest BCUT2D eigenvalue weighted by Crippen LogP contribution is 2.38. The van der Waals surface area contributed by atoms with Gasteiger partial charge in [0.05, 0.1) is 0 Å². The fourth-order valence-corrected chi connectivity index (χ4v) is 4.58. The molecule has 0 spiro atoms. The molecule has 1 aliphatic carbocycles. The van der Waals surface area contributed by atoms with Crippen LogP contribution in [-0.4, -0.2) is 5.26 Å². The van der Waals surface area contributed by atoms with Gasteiger partial charge >= 0.3 is 0 Å². The molecule has 0 saturated heterocycles. The molecule has 3 rings (SSSR count). The maximum Gasteiger partial charge on any atom is 0.144 e. The minimum Gasteiger partial charge on any atom is -0.251 e. The highest BCUT2D eigenvalue weighted by molar-refractivity contribution is 5.39. The SMILES string of the molecule is CCCCCC1CCC(c2ccc(C(OO)c3cc(F)c(C#N)c(F)c3)cc2)CC1. The van der Waals surface area contributed by atoms with Crippen molar-refractivity contribution in [3.8, 4) is 6.07 Å². The molecule has 0 amide bonds. The first-order chi connectivity index (χ1) is 14.6. The van der Waals surface area contributed by atoms with E-state index in [0.29, 0.717) is 11.5 Å². The number of nitriles is 1. The molecule has 0 heterocycles. The molecule has 1 unspecified atom stereocenters. The molecular formula is C25H29F2NO2. The first-order valence-electron chi connectivity index (χ1n) is 10.9. The molecular weight excluding hydrogens is 384 g/mol. The molecule has 0 aliphatic heterocycles. The van der Waals surface area contributed by atoms with Crippen molar-refractivity contribution < 1.29 is 18.9 Å². The van der Waals surface area contributed by atoms with Gasteiger partial charge in [0.2, 0.25) is 0 Å². The van der Waals surface area contributed by atoms with E-state index in [1.54, 1.807) is 0 Å². The van der Waals surface area contributed by atoms with Crippen LogP contribution in [0.15, 0.2) is 36.4 Å². The largest absolute Gasteiger partial charge is 0.251 e. The van der Waals surface area contributed by atoms with Gasteiger partial charge in [0.15, 0.2) is 0 Å². The number of halogens is 2. The number of hydrogen-bond acceptors (Lipinski definition) is 3. The third-order valence-corrected chi connectivity index (χ3v) is 6.36. The van der Waals surface area contributed by atoms with Crippen LogP contribution in [0.4, 0.5) is 8.78 Å². The van der Waals surface area contributed by atoms with Crippen LogP contribution in [0.1, 0.15) is 92.6 Å². The molecule has 160 valence electrons. The lowest BCUT2D eigenvalue weighted by molar-refractivity contribution is -0.270. The predicted octanol–water partition coefficient (Wildman–Crippen LogP) is 7.27. The van der Waals surface area contributed by atoms with Gasteiger partial charge in [-0.15, -0.1) is 0 Å². The molecule has 5 heteroatoms. The summed E-state index contributed by atoms with van der Waals surface area (Å²) in [7, 11) is 0. The van der Waals surface area contributed by atoms with Gasteiger partial charge in [-0.3, -0.25) is 5.26 Å². The number of benzene rings is 2. The van der Waals surface area contributed by atoms with Crippen LogP contribution in [0.25, 0.3) is 0 Å². The van der Waals surface area contributed by atoms with E-state index in [4.69, 9.17) is 5.26 Å². The normalized spacial score (nSPS) is 20.0. The van der Waals surface area contributed by atoms with E-state index in [0.717, 1.165) is 18.1 Å². The van der Waals surface area contributed by atoms with Crippen LogP contribution in [-0.2, 0) is 4.89 Å². The molecule has 0 aromatic heterocycles. The number of unbranched alkanes of at least 4 members (excludes halogenated alkanes) is 2. The standard InChI is InChI=1S/C25H29F2NO2/c1-2-3-4-5-17-6-8-18(9-7-17)19-10-12-20(13-11-19)25(30-29)21-14-23(26)22(16-28)24(27)15-21/h10-15,17-18,25,29H,2-9H2,1H3. The number of nitrogens with zero attached hydrogens (tertiary/aromatic N) is 1. The van der Waals surface area contributed by atoms with Crippen molar-refractivity contribution in [2.24, 2.45) is 5.92 Å². The zero-order valence-corrected chi connectivity index (χ0v) is 17.4. The van der Waals surface area contributed by atoms with Crippen molar-refractivity contribution in [2.75, 3.05) is 0 Å². The highest BCUT2D eigenvalue weighted by atomic mass is 19.1. The second kappa shape index (κ2) is 10.7. The topological polar surface area (TPSA) is 53.2 Å². The third kappa shape index (κ3) is 5.24. The van der Waals surface area contributed by atoms with Crippen molar-refractivity contribution in [3.63, 3.8) is 0 Å². The van der Waals surface area contributed by atoms with Crippen molar-refractivity contribution in [2.45, 2.75) is 70.3 Å². The molecule has 1 fully saturated rings. The molecule has 1 atom stereocenters. The summed E-state index contributed by atoms with van der Waals surface area (Å²) < 4.78 is 27.9. The van der Waals surface area contributed by atoms with Crippen LogP contribution in [0.2, 0.25) is 0 Å². The van der Waals surface area contributed by atoms with Gasteiger partial charge in [-0.1, -0.05) is 56.9 Å². The van der Waals surface area contributed by atoms with E-state index in [2.05, 4.69) is 11.8 Å². The van der Waals surface area contributed by atoms with Crippen LogP contribution in [0.3, 0.4) is 0 Å². The Morgan fingerprint density at radius 1 is 1.03 bits per heavy atom. The maximum atomic E-state index is 14.0. The maximum absolute atomic E-state index is 14.0. The fraction of sp³-hybridized carbons (Fsp3) is 0.480. The van der Waals surface area contributed by atoms with Gasteiger partial charge in [0, 0.05) is 0 Å². The number of rotatable bonds is 8. The van der Waals surface area contributed by atoms with Gasteiger partial charge < -0.3 is 0 Å². The second-order valence-corrected chi connectivity index (χ2v) is 8.34. The Balaban J connectivity index is 1.67. The molecule has 1 saturated carbocycles. The summed E-state index contributed by atoms with van der Waals surface area (Å²) in [6, 6.07) is 11.2. The Morgan fingerprint density at radius 3 is 2.20 bits per heavy atom. The molecule has 2 aromatic carbocycles. The van der Waals surface area contributed by atoms with Crippen molar-refractivity contribution in [1.29, 1.82) is 5.26 Å². The quantitative estimate of drug-likeness (QED) is 0.281. The van der Waals surface area contributed by atoms with Gasteiger partial charge in [0.1, 0.15) is 29.4 Å². The molecule has 0 bridgehead atoms. The monoisotopic (exact) mass is 413 g/mol. The Bertz CT molecular complexity index is 845. The van der Waals surface area contributed by atoms with Gasteiger partial charge in [0.25, 0.3) is 0 Å². The van der Waals surface area contributed by atoms with Crippen LogP contribution in [0, 0.1) is 28.9 Å². The van der Waals surface area contributed by atoms with Crippen LogP contribution in [0.5, 0.6) is 0 Å². The average molecular weight is 414 g/mol. The van der Waals surface area contributed by atoms with Crippen molar-refractivity contribution in [1.82, 2.24) is 0 Å². The second-order valence-electron chi connectivity index (χ2n) is 8.34. The van der Waals surface area contributed by atoms with Crippen LogP contribution < -0.4 is 0 Å². The van der Waals surface area contributed by atoms with E-state index in [9.17, 15) is 14.0 Å². The molecule has 1 N–H and O–H groups in total. The summed E-state index contributed by atoms with van der Waals surface area (Å²) in [5.41, 5.74) is 1.32. The summed E-state index contributed by atoms with van der Waals surface area (Å²) in [5.74, 6) is -0.566. The van der Waals surface area contributed by atoms with E-state index in [1.807, 2.05) is 24.3 Å². The van der Waals surface area contributed by atoms with E-state index >= 15 is 0 Å². The molecule has 1 aliphatic rings. The Hall–Kier alpha value is -2.29. The zero-order valence-electron chi connectivity index (χ0n) is 17.4. The van der Waals surface area contributed by atoms with Gasteiger partial charge in [-0.25, -0.2) is 13.7 Å². The smallest absolute Gasteiger partial charge is 0.144 e. The number of hydrogen-bond donors (Lipinski definition) is 1. The zero-order chi connectivity index (χ0) is 21.5. The average Bonchev–Trinajstić information content (AvgIpc) is 2.75. The molecule has 3 nitrogen and oxygen atoms in total. The van der Waals surface area contributed by atoms with Crippen LogP contribution >= 0.6 is 0 Å².